The number of hydrazone groups is 1. The smallest absolute Gasteiger partial charge is 0.271 e. The van der Waals surface area contributed by atoms with Crippen molar-refractivity contribution in [1.82, 2.24) is 5.43 Å². The van der Waals surface area contributed by atoms with Gasteiger partial charge in [-0.1, -0.05) is 17.7 Å². The van der Waals surface area contributed by atoms with Gasteiger partial charge in [0.25, 0.3) is 5.91 Å². The Labute approximate surface area is 136 Å². The number of aromatic hydroxyl groups is 1. The molecule has 22 heavy (non-hydrogen) atoms. The molecule has 1 amide bonds. The second-order valence-electron chi connectivity index (χ2n) is 4.61. The highest BCUT2D eigenvalue weighted by Crippen LogP contribution is 2.31. The number of nitrogens with one attached hydrogen (secondary N) is 1. The number of carbonyl (C=O) groups is 1. The maximum atomic E-state index is 11.9. The molecular formula is C16H15BrN2O3. The van der Waals surface area contributed by atoms with Crippen LogP contribution in [0.15, 0.2) is 46.0 Å². The predicted octanol–water partition coefficient (Wildman–Crippen LogP) is 3.24. The number of halogens is 1. The Balaban J connectivity index is 2.11. The lowest BCUT2D eigenvalue weighted by molar-refractivity contribution is 0.0955. The molecule has 0 radical (unpaired) electrons. The first-order valence-corrected chi connectivity index (χ1v) is 7.27. The number of hydrogen-bond acceptors (Lipinski definition) is 4. The molecule has 0 aliphatic heterocycles. The normalized spacial score (nSPS) is 10.7. The number of methoxy groups -OCH3 is 1. The van der Waals surface area contributed by atoms with Crippen LogP contribution in [0.25, 0.3) is 0 Å². The molecular weight excluding hydrogens is 348 g/mol. The van der Waals surface area contributed by atoms with Gasteiger partial charge in [-0.3, -0.25) is 4.79 Å². The number of nitrogens with zero attached hydrogens (tertiary/aromatic N) is 1. The van der Waals surface area contributed by atoms with Crippen molar-refractivity contribution < 1.29 is 14.6 Å². The van der Waals surface area contributed by atoms with E-state index in [9.17, 15) is 9.90 Å². The minimum atomic E-state index is -0.322. The second kappa shape index (κ2) is 7.09. The Morgan fingerprint density at radius 1 is 1.32 bits per heavy atom. The average Bonchev–Trinajstić information content (AvgIpc) is 2.51. The number of hydrogen-bond donors (Lipinski definition) is 2. The van der Waals surface area contributed by atoms with Crippen molar-refractivity contribution in [2.75, 3.05) is 7.11 Å². The van der Waals surface area contributed by atoms with Crippen molar-refractivity contribution in [3.63, 3.8) is 0 Å². The molecule has 0 unspecified atom stereocenters. The largest absolute Gasteiger partial charge is 0.506 e. The number of carbonyl (C=O) groups excluding carboxylic acids is 1. The molecule has 0 heterocycles. The Bertz CT molecular complexity index is 712. The summed E-state index contributed by atoms with van der Waals surface area (Å²) in [4.78, 5) is 11.9. The molecule has 5 nitrogen and oxygen atoms in total. The van der Waals surface area contributed by atoms with Crippen LogP contribution in [0.5, 0.6) is 11.5 Å². The van der Waals surface area contributed by atoms with Gasteiger partial charge in [0.1, 0.15) is 11.5 Å². The van der Waals surface area contributed by atoms with Crippen molar-refractivity contribution >= 4 is 28.1 Å². The fourth-order valence-electron chi connectivity index (χ4n) is 1.74. The number of rotatable bonds is 4. The quantitative estimate of drug-likeness (QED) is 0.647. The van der Waals surface area contributed by atoms with E-state index in [1.54, 1.807) is 24.3 Å². The lowest BCUT2D eigenvalue weighted by Crippen LogP contribution is -2.17. The van der Waals surface area contributed by atoms with E-state index < -0.39 is 0 Å². The van der Waals surface area contributed by atoms with Crippen LogP contribution in [0.2, 0.25) is 0 Å². The summed E-state index contributed by atoms with van der Waals surface area (Å²) < 4.78 is 5.59. The van der Waals surface area contributed by atoms with Crippen LogP contribution in [-0.2, 0) is 0 Å². The first-order chi connectivity index (χ1) is 10.5. The van der Waals surface area contributed by atoms with Crippen molar-refractivity contribution in [2.24, 2.45) is 5.10 Å². The summed E-state index contributed by atoms with van der Waals surface area (Å²) in [5, 5.41) is 13.8. The number of ether oxygens (including phenoxy) is 1. The van der Waals surface area contributed by atoms with Crippen molar-refractivity contribution in [1.29, 1.82) is 0 Å². The number of aryl methyl sites for hydroxylation is 1. The third kappa shape index (κ3) is 3.85. The van der Waals surface area contributed by atoms with Gasteiger partial charge in [-0.05, 0) is 47.1 Å². The number of phenols is 1. The van der Waals surface area contributed by atoms with Crippen LogP contribution >= 0.6 is 15.9 Å². The van der Waals surface area contributed by atoms with E-state index in [-0.39, 0.29) is 11.7 Å². The van der Waals surface area contributed by atoms with Gasteiger partial charge in [0.15, 0.2) is 0 Å². The van der Waals surface area contributed by atoms with E-state index in [0.717, 1.165) is 5.56 Å². The third-order valence-corrected chi connectivity index (χ3v) is 3.59. The van der Waals surface area contributed by atoms with E-state index >= 15 is 0 Å². The molecule has 0 fully saturated rings. The zero-order valence-corrected chi connectivity index (χ0v) is 13.7. The second-order valence-corrected chi connectivity index (χ2v) is 5.47. The van der Waals surface area contributed by atoms with Gasteiger partial charge in [-0.25, -0.2) is 5.43 Å². The molecule has 0 atom stereocenters. The molecule has 6 heteroatoms. The standard InChI is InChI=1S/C16H15BrN2O3/c1-10-3-5-11(6-4-10)16(21)19-18-9-12-7-13(22-2)8-14(17)15(12)20/h3-9,20H,1-2H3,(H,19,21)/b18-9-. The molecule has 0 aromatic heterocycles. The lowest BCUT2D eigenvalue weighted by Gasteiger charge is -2.06. The third-order valence-electron chi connectivity index (χ3n) is 2.99. The molecule has 0 saturated carbocycles. The first kappa shape index (κ1) is 16.0. The maximum Gasteiger partial charge on any atom is 0.271 e. The zero-order chi connectivity index (χ0) is 16.1. The van der Waals surface area contributed by atoms with Crippen LogP contribution in [-0.4, -0.2) is 24.3 Å². The molecule has 0 spiro atoms. The fraction of sp³-hybridized carbons (Fsp3) is 0.125. The number of phenolic OH excluding ortho intramolecular Hbond substituents is 1. The predicted molar refractivity (Wildman–Crippen MR) is 88.6 cm³/mol. The summed E-state index contributed by atoms with van der Waals surface area (Å²) in [6, 6.07) is 10.4. The molecule has 0 aliphatic rings. The van der Waals surface area contributed by atoms with E-state index in [0.29, 0.717) is 21.3 Å². The molecule has 2 N–H and O–H groups in total. The van der Waals surface area contributed by atoms with Gasteiger partial charge < -0.3 is 9.84 Å². The summed E-state index contributed by atoms with van der Waals surface area (Å²) in [7, 11) is 1.53. The van der Waals surface area contributed by atoms with Gasteiger partial charge in [0.2, 0.25) is 0 Å². The molecule has 2 rings (SSSR count). The van der Waals surface area contributed by atoms with Crippen LogP contribution in [0.3, 0.4) is 0 Å². The minimum absolute atomic E-state index is 0.0223. The topological polar surface area (TPSA) is 70.9 Å². The van der Waals surface area contributed by atoms with Gasteiger partial charge >= 0.3 is 0 Å². The molecule has 0 saturated heterocycles. The summed E-state index contributed by atoms with van der Waals surface area (Å²) in [6.07, 6.45) is 1.36. The van der Waals surface area contributed by atoms with Crippen molar-refractivity contribution in [3.05, 3.63) is 57.6 Å². The van der Waals surface area contributed by atoms with Crippen molar-refractivity contribution in [3.8, 4) is 11.5 Å². The highest BCUT2D eigenvalue weighted by molar-refractivity contribution is 9.10. The summed E-state index contributed by atoms with van der Waals surface area (Å²) in [5.41, 5.74) is 4.43. The summed E-state index contributed by atoms with van der Waals surface area (Å²) in [5.74, 6) is 0.267. The first-order valence-electron chi connectivity index (χ1n) is 6.48. The van der Waals surface area contributed by atoms with Gasteiger partial charge in [0, 0.05) is 11.1 Å². The highest BCUT2D eigenvalue weighted by atomic mass is 79.9. The lowest BCUT2D eigenvalue weighted by atomic mass is 10.1. The monoisotopic (exact) mass is 362 g/mol. The number of amides is 1. The SMILES string of the molecule is COc1cc(Br)c(O)c(/C=N\NC(=O)c2ccc(C)cc2)c1. The van der Waals surface area contributed by atoms with Crippen LogP contribution < -0.4 is 10.2 Å². The van der Waals surface area contributed by atoms with Gasteiger partial charge in [-0.2, -0.15) is 5.10 Å². The van der Waals surface area contributed by atoms with E-state index in [4.69, 9.17) is 4.74 Å². The molecule has 0 aliphatic carbocycles. The zero-order valence-electron chi connectivity index (χ0n) is 12.1. The average molecular weight is 363 g/mol. The minimum Gasteiger partial charge on any atom is -0.506 e. The molecule has 2 aromatic carbocycles. The summed E-state index contributed by atoms with van der Waals surface area (Å²) >= 11 is 3.22. The summed E-state index contributed by atoms with van der Waals surface area (Å²) in [6.45, 7) is 1.95. The molecule has 0 bridgehead atoms. The maximum absolute atomic E-state index is 11.9. The fourth-order valence-corrected chi connectivity index (χ4v) is 2.20. The van der Waals surface area contributed by atoms with Crippen LogP contribution in [0.1, 0.15) is 21.5 Å². The Morgan fingerprint density at radius 3 is 2.64 bits per heavy atom. The van der Waals surface area contributed by atoms with Crippen molar-refractivity contribution in [2.45, 2.75) is 6.92 Å². The van der Waals surface area contributed by atoms with E-state index in [1.165, 1.54) is 13.3 Å². The van der Waals surface area contributed by atoms with Crippen LogP contribution in [0.4, 0.5) is 0 Å². The Kier molecular flexibility index (Phi) is 5.16. The highest BCUT2D eigenvalue weighted by Gasteiger charge is 2.07. The Morgan fingerprint density at radius 2 is 2.00 bits per heavy atom. The van der Waals surface area contributed by atoms with E-state index in [2.05, 4.69) is 26.5 Å². The van der Waals surface area contributed by atoms with Gasteiger partial charge in [-0.15, -0.1) is 0 Å². The Hall–Kier alpha value is -2.34. The number of benzene rings is 2. The van der Waals surface area contributed by atoms with Crippen LogP contribution in [0, 0.1) is 6.92 Å². The van der Waals surface area contributed by atoms with E-state index in [1.807, 2.05) is 19.1 Å². The molecule has 2 aromatic rings. The molecule has 114 valence electrons. The van der Waals surface area contributed by atoms with Gasteiger partial charge in [0.05, 0.1) is 17.8 Å².